The number of aryl methyl sites for hydroxylation is 1. The summed E-state index contributed by atoms with van der Waals surface area (Å²) >= 11 is 0. The minimum atomic E-state index is -2.06. The number of hydrogen-bond donors (Lipinski definition) is 7. The topological polar surface area (TPSA) is 279 Å². The van der Waals surface area contributed by atoms with Crippen molar-refractivity contribution < 1.29 is 52.5 Å². The molecule has 1 aliphatic carbocycles. The van der Waals surface area contributed by atoms with Crippen molar-refractivity contribution in [2.75, 3.05) is 19.6 Å². The highest BCUT2D eigenvalue weighted by Gasteiger charge is 2.46. The number of benzene rings is 2. The van der Waals surface area contributed by atoms with Crippen LogP contribution in [-0.4, -0.2) is 93.5 Å². The van der Waals surface area contributed by atoms with Crippen molar-refractivity contribution in [1.82, 2.24) is 36.1 Å². The third-order valence-electron chi connectivity index (χ3n) is 12.4. The fraction of sp³-hybridized carbons (Fsp3) is 0.438. The largest absolute Gasteiger partial charge is 0.460 e. The average molecular weight is 939 g/mol. The van der Waals surface area contributed by atoms with Gasteiger partial charge in [0.1, 0.15) is 24.1 Å². The first-order chi connectivity index (χ1) is 32.2. The number of rotatable bonds is 16. The Hall–Kier alpha value is -7.06. The lowest BCUT2D eigenvalue weighted by molar-refractivity contribution is -0.172. The zero-order valence-electron chi connectivity index (χ0n) is 38.4. The van der Waals surface area contributed by atoms with Crippen molar-refractivity contribution in [3.63, 3.8) is 0 Å². The summed E-state index contributed by atoms with van der Waals surface area (Å²) in [6.07, 6.45) is 0.576. The molecule has 68 heavy (non-hydrogen) atoms. The summed E-state index contributed by atoms with van der Waals surface area (Å²) in [6, 6.07) is 8.72. The maximum atomic E-state index is 15.4. The van der Waals surface area contributed by atoms with E-state index in [0.29, 0.717) is 62.9 Å². The van der Waals surface area contributed by atoms with Crippen molar-refractivity contribution in [2.24, 2.45) is 5.73 Å². The molecule has 8 N–H and O–H groups in total. The Morgan fingerprint density at radius 1 is 0.971 bits per heavy atom. The molecule has 0 saturated heterocycles. The highest BCUT2D eigenvalue weighted by atomic mass is 19.1. The van der Waals surface area contributed by atoms with E-state index in [2.05, 4.69) is 26.6 Å². The third-order valence-corrected chi connectivity index (χ3v) is 12.4. The van der Waals surface area contributed by atoms with Gasteiger partial charge in [-0.1, -0.05) is 37.3 Å². The van der Waals surface area contributed by atoms with Crippen LogP contribution in [0.1, 0.15) is 98.4 Å². The maximum Gasteiger partial charge on any atom is 0.343 e. The fourth-order valence-corrected chi connectivity index (χ4v) is 8.88. The van der Waals surface area contributed by atoms with Gasteiger partial charge in [-0.3, -0.25) is 33.6 Å². The van der Waals surface area contributed by atoms with Crippen LogP contribution in [0.3, 0.4) is 0 Å². The van der Waals surface area contributed by atoms with Crippen molar-refractivity contribution in [2.45, 2.75) is 116 Å². The smallest absolute Gasteiger partial charge is 0.343 e. The number of cyclic esters (lactones) is 1. The number of pyridine rings is 2. The van der Waals surface area contributed by atoms with Crippen LogP contribution < -0.4 is 37.9 Å². The second-order valence-corrected chi connectivity index (χ2v) is 18.2. The lowest BCUT2D eigenvalue weighted by Crippen LogP contribution is -2.52. The normalized spacial score (nSPS) is 17.6. The van der Waals surface area contributed by atoms with E-state index in [1.165, 1.54) is 10.6 Å². The van der Waals surface area contributed by atoms with Gasteiger partial charge in [0.25, 0.3) is 5.56 Å². The van der Waals surface area contributed by atoms with E-state index in [9.17, 15) is 43.5 Å². The Bertz CT molecular complexity index is 2790. The molecule has 360 valence electrons. The fourth-order valence-electron chi connectivity index (χ4n) is 8.88. The molecule has 4 aromatic rings. The van der Waals surface area contributed by atoms with Crippen molar-refractivity contribution in [3.05, 3.63) is 97.6 Å². The Balaban J connectivity index is 1.02. The molecule has 5 amide bonds. The molecule has 0 spiro atoms. The van der Waals surface area contributed by atoms with Gasteiger partial charge < -0.3 is 51.5 Å². The Kier molecular flexibility index (Phi) is 14.1. The number of halogens is 1. The number of carbonyl (C=O) groups excluding carboxylic acids is 7. The molecule has 1 unspecified atom stereocenters. The van der Waals surface area contributed by atoms with Crippen LogP contribution in [0.5, 0.6) is 0 Å². The monoisotopic (exact) mass is 938 g/mol. The summed E-state index contributed by atoms with van der Waals surface area (Å²) < 4.78 is 27.3. The standard InChI is InChI=1S/C48H55FN8O11/c1-6-48(66)29-17-35-42-27(22-57(35)45(64)28(29)23-67-46(48)65)41-32(14-12-26-24(2)30(49)18-33(56-42)40(26)41)54-38(60)21-53-44(63)34(16-25-10-8-7-9-11-25)55-37(59)20-51-36(58)19-52-43(62)31(50)13-15-39(61)68-47(3,4)5/h7-11,17-18,31-32,34,66H,6,12-16,19-23,50H2,1-5H3,(H,51,58)(H,52,62)(H,53,63)(H,54,60)(H,55,59)/t31-,32?,34-,48-/m0/s1. The quantitative estimate of drug-likeness (QED) is 0.0685. The van der Waals surface area contributed by atoms with Crippen LogP contribution in [0.2, 0.25) is 0 Å². The summed E-state index contributed by atoms with van der Waals surface area (Å²) in [5.74, 6) is -5.29. The number of nitrogens with one attached hydrogen (secondary N) is 5. The average Bonchev–Trinajstić information content (AvgIpc) is 3.67. The van der Waals surface area contributed by atoms with E-state index in [4.69, 9.17) is 20.2 Å². The Morgan fingerprint density at radius 2 is 1.66 bits per heavy atom. The molecular formula is C48H55FN8O11. The molecule has 2 aromatic carbocycles. The Labute approximate surface area is 390 Å². The first-order valence-electron chi connectivity index (χ1n) is 22.4. The molecule has 0 bridgehead atoms. The van der Waals surface area contributed by atoms with Gasteiger partial charge in [0.05, 0.1) is 60.7 Å². The second kappa shape index (κ2) is 19.7. The van der Waals surface area contributed by atoms with E-state index in [1.807, 2.05) is 0 Å². The van der Waals surface area contributed by atoms with Crippen LogP contribution >= 0.6 is 0 Å². The van der Waals surface area contributed by atoms with E-state index >= 15 is 4.39 Å². The highest BCUT2D eigenvalue weighted by molar-refractivity contribution is 5.96. The molecule has 20 heteroatoms. The van der Waals surface area contributed by atoms with Crippen LogP contribution in [0, 0.1) is 12.7 Å². The number of esters is 2. The molecule has 4 atom stereocenters. The summed E-state index contributed by atoms with van der Waals surface area (Å²) in [4.78, 5) is 109. The molecular weight excluding hydrogens is 884 g/mol. The van der Waals surface area contributed by atoms with E-state index in [-0.39, 0.29) is 50.0 Å². The molecule has 2 aliphatic heterocycles. The van der Waals surface area contributed by atoms with Crippen molar-refractivity contribution >= 4 is 52.4 Å². The van der Waals surface area contributed by atoms with Crippen LogP contribution in [0.15, 0.2) is 47.3 Å². The maximum absolute atomic E-state index is 15.4. The number of hydrogen-bond acceptors (Lipinski definition) is 13. The van der Waals surface area contributed by atoms with Gasteiger partial charge in [-0.25, -0.2) is 14.2 Å². The first kappa shape index (κ1) is 48.9. The molecule has 0 saturated carbocycles. The van der Waals surface area contributed by atoms with E-state index < -0.39 is 102 Å². The minimum absolute atomic E-state index is 0.0147. The van der Waals surface area contributed by atoms with Crippen LogP contribution in [0.25, 0.3) is 22.3 Å². The zero-order valence-corrected chi connectivity index (χ0v) is 38.4. The Morgan fingerprint density at radius 3 is 2.37 bits per heavy atom. The summed E-state index contributed by atoms with van der Waals surface area (Å²) in [5, 5.41) is 25.0. The number of fused-ring (bicyclic) bond motifs is 5. The van der Waals surface area contributed by atoms with Crippen molar-refractivity contribution in [3.8, 4) is 11.4 Å². The summed E-state index contributed by atoms with van der Waals surface area (Å²) in [6.45, 7) is 6.53. The molecule has 0 radical (unpaired) electrons. The van der Waals surface area contributed by atoms with Gasteiger partial charge in [-0.05, 0) is 81.7 Å². The second-order valence-electron chi connectivity index (χ2n) is 18.2. The lowest BCUT2D eigenvalue weighted by Gasteiger charge is -2.31. The number of nitrogens with two attached hydrogens (primary N) is 1. The van der Waals surface area contributed by atoms with Crippen LogP contribution in [-0.2, 0) is 74.6 Å². The first-order valence-corrected chi connectivity index (χ1v) is 22.4. The number of aromatic nitrogens is 2. The molecule has 0 fully saturated rings. The number of ether oxygens (including phenoxy) is 2. The number of carbonyl (C=O) groups is 7. The van der Waals surface area contributed by atoms with Gasteiger partial charge in [0, 0.05) is 35.4 Å². The van der Waals surface area contributed by atoms with Crippen LogP contribution in [0.4, 0.5) is 4.39 Å². The summed E-state index contributed by atoms with van der Waals surface area (Å²) in [5.41, 5.74) is 6.90. The predicted octanol–water partition coefficient (Wildman–Crippen LogP) is 1.16. The van der Waals surface area contributed by atoms with Crippen molar-refractivity contribution in [1.29, 1.82) is 0 Å². The van der Waals surface area contributed by atoms with Gasteiger partial charge >= 0.3 is 11.9 Å². The van der Waals surface area contributed by atoms with E-state index in [0.717, 1.165) is 0 Å². The molecule has 7 rings (SSSR count). The van der Waals surface area contributed by atoms with Gasteiger partial charge in [-0.2, -0.15) is 0 Å². The van der Waals surface area contributed by atoms with Gasteiger partial charge in [0.2, 0.25) is 29.5 Å². The van der Waals surface area contributed by atoms with Gasteiger partial charge in [0.15, 0.2) is 5.60 Å². The van der Waals surface area contributed by atoms with E-state index in [1.54, 1.807) is 71.0 Å². The molecule has 4 heterocycles. The predicted molar refractivity (Wildman–Crippen MR) is 243 cm³/mol. The molecule has 19 nitrogen and oxygen atoms in total. The lowest BCUT2D eigenvalue weighted by atomic mass is 9.81. The van der Waals surface area contributed by atoms with Gasteiger partial charge in [-0.15, -0.1) is 0 Å². The number of amides is 5. The zero-order chi connectivity index (χ0) is 49.2. The molecule has 3 aliphatic rings. The number of aliphatic hydroxyl groups is 1. The summed E-state index contributed by atoms with van der Waals surface area (Å²) in [7, 11) is 0. The minimum Gasteiger partial charge on any atom is -0.460 e. The SMILES string of the molecule is CC[C@@]1(O)C(=O)OCc2c1cc1n(c2=O)Cc2c-1nc1cc(F)c(C)c3c1c2C(NC(=O)CNC(=O)[C@H](Cc1ccccc1)NC(=O)CNC(=O)CNC(=O)[C@@H](N)CCC(=O)OC(C)(C)C)CC3. The third kappa shape index (κ3) is 10.2. The highest BCUT2D eigenvalue weighted by Crippen LogP contribution is 2.46. The number of nitrogens with zero attached hydrogens (tertiary/aromatic N) is 2. The molecule has 2 aromatic heterocycles.